The minimum atomic E-state index is 0.313. The average Bonchev–Trinajstić information content (AvgIpc) is 2.62. The zero-order chi connectivity index (χ0) is 16.7. The van der Waals surface area contributed by atoms with Crippen molar-refractivity contribution in [3.63, 3.8) is 0 Å². The van der Waals surface area contributed by atoms with Crippen LogP contribution in [0.1, 0.15) is 26.3 Å². The molecule has 2 aromatic rings. The molecular weight excluding hydrogens is 296 g/mol. The largest absolute Gasteiger partial charge is 0.352 e. The third kappa shape index (κ3) is 2.59. The predicted octanol–water partition coefficient (Wildman–Crippen LogP) is 1.65. The minimum absolute atomic E-state index is 0.313. The Kier molecular flexibility index (Phi) is 4.01. The summed E-state index contributed by atoms with van der Waals surface area (Å²) in [6.45, 7) is 10.7. The fourth-order valence-corrected chi connectivity index (χ4v) is 3.65. The quantitative estimate of drug-likeness (QED) is 0.914. The van der Waals surface area contributed by atoms with Crippen LogP contribution in [0.3, 0.4) is 0 Å². The van der Waals surface area contributed by atoms with Crippen LogP contribution >= 0.6 is 0 Å². The first-order valence-electron chi connectivity index (χ1n) is 9.15. The molecule has 24 heavy (non-hydrogen) atoms. The second-order valence-corrected chi connectivity index (χ2v) is 7.04. The molecule has 3 heterocycles. The van der Waals surface area contributed by atoms with Gasteiger partial charge in [0.25, 0.3) is 0 Å². The lowest BCUT2D eigenvalue weighted by Gasteiger charge is -2.30. The van der Waals surface area contributed by atoms with Gasteiger partial charge >= 0.3 is 0 Å². The summed E-state index contributed by atoms with van der Waals surface area (Å²) >= 11 is 0. The summed E-state index contributed by atoms with van der Waals surface area (Å²) in [5, 5.41) is 7.07. The van der Waals surface area contributed by atoms with Gasteiger partial charge in [0.15, 0.2) is 5.82 Å². The number of benzene rings is 1. The summed E-state index contributed by atoms with van der Waals surface area (Å²) in [5.41, 5.74) is 2.45. The van der Waals surface area contributed by atoms with E-state index in [-0.39, 0.29) is 0 Å². The second kappa shape index (κ2) is 6.17. The molecule has 0 spiro atoms. The van der Waals surface area contributed by atoms with Crippen LogP contribution in [0.5, 0.6) is 0 Å². The van der Waals surface area contributed by atoms with Crippen LogP contribution in [-0.2, 0) is 6.42 Å². The topological polar surface area (TPSA) is 40.5 Å². The zero-order valence-corrected chi connectivity index (χ0v) is 14.8. The minimum Gasteiger partial charge on any atom is -0.352 e. The van der Waals surface area contributed by atoms with Crippen LogP contribution in [0.4, 0.5) is 5.82 Å². The van der Waals surface area contributed by atoms with E-state index in [0.29, 0.717) is 12.0 Å². The number of hydrogen-bond acceptors (Lipinski definition) is 4. The summed E-state index contributed by atoms with van der Waals surface area (Å²) in [4.78, 5) is 12.5. The predicted molar refractivity (Wildman–Crippen MR) is 100 cm³/mol. The van der Waals surface area contributed by atoms with Crippen molar-refractivity contribution in [2.45, 2.75) is 33.2 Å². The van der Waals surface area contributed by atoms with E-state index in [0.717, 1.165) is 49.3 Å². The van der Waals surface area contributed by atoms with Gasteiger partial charge in [0.2, 0.25) is 0 Å². The summed E-state index contributed by atoms with van der Waals surface area (Å²) in [6.07, 6.45) is 3.45. The van der Waals surface area contributed by atoms with E-state index in [1.165, 1.54) is 16.2 Å². The number of fused-ring (bicyclic) bond motifs is 3. The van der Waals surface area contributed by atoms with E-state index in [9.17, 15) is 0 Å². The smallest absolute Gasteiger partial charge is 0.155 e. The Bertz CT molecular complexity index is 881. The van der Waals surface area contributed by atoms with Gasteiger partial charge in [0.05, 0.1) is 11.6 Å². The molecule has 0 saturated carbocycles. The van der Waals surface area contributed by atoms with Crippen LogP contribution in [-0.4, -0.2) is 37.2 Å². The zero-order valence-electron chi connectivity index (χ0n) is 14.8. The molecule has 0 radical (unpaired) electrons. The number of aryl methyl sites for hydroxylation is 1. The van der Waals surface area contributed by atoms with Crippen molar-refractivity contribution >= 4 is 22.8 Å². The Morgan fingerprint density at radius 1 is 1.21 bits per heavy atom. The molecule has 126 valence electrons. The number of aromatic nitrogens is 1. The van der Waals surface area contributed by atoms with Crippen LogP contribution in [0.2, 0.25) is 0 Å². The monoisotopic (exact) mass is 322 g/mol. The summed E-state index contributed by atoms with van der Waals surface area (Å²) in [6, 6.07) is 7.00. The van der Waals surface area contributed by atoms with Gasteiger partial charge in [-0.25, -0.2) is 4.98 Å². The Labute approximate surface area is 143 Å². The molecule has 0 amide bonds. The molecule has 2 atom stereocenters. The summed E-state index contributed by atoms with van der Waals surface area (Å²) in [7, 11) is 0. The maximum atomic E-state index is 5.05. The van der Waals surface area contributed by atoms with Crippen LogP contribution in [0, 0.1) is 5.92 Å². The van der Waals surface area contributed by atoms with Crippen LogP contribution < -0.4 is 20.8 Å². The number of anilines is 1. The second-order valence-electron chi connectivity index (χ2n) is 7.04. The van der Waals surface area contributed by atoms with Crippen molar-refractivity contribution in [1.29, 1.82) is 0 Å². The lowest BCUT2D eigenvalue weighted by molar-refractivity contribution is 0.570. The normalized spacial score (nSPS) is 23.5. The number of nitrogens with zero attached hydrogens (tertiary/aromatic N) is 3. The van der Waals surface area contributed by atoms with Crippen molar-refractivity contribution in [3.8, 4) is 0 Å². The highest BCUT2D eigenvalue weighted by atomic mass is 15.2. The molecular formula is C20H26N4. The van der Waals surface area contributed by atoms with E-state index in [1.54, 1.807) is 0 Å². The summed E-state index contributed by atoms with van der Waals surface area (Å²) in [5.74, 6) is 1.53. The molecule has 1 aromatic carbocycles. The molecule has 1 N–H and O–H groups in total. The van der Waals surface area contributed by atoms with Crippen molar-refractivity contribution in [2.75, 3.05) is 31.1 Å². The standard InChI is InChI=1S/C20H26N4/c1-4-15-5-6-18-16(12-15)17-11-13(2)14(3)22-19(17)20(23-18)24-9-7-21-8-10-24/h5-6,11-14,21H,4,7-10H2,1-3H3. The van der Waals surface area contributed by atoms with E-state index in [2.05, 4.69) is 55.3 Å². The lowest BCUT2D eigenvalue weighted by Crippen LogP contribution is -2.48. The van der Waals surface area contributed by atoms with E-state index in [4.69, 9.17) is 9.98 Å². The molecule has 2 aliphatic rings. The highest BCUT2D eigenvalue weighted by molar-refractivity contribution is 5.82. The first-order valence-corrected chi connectivity index (χ1v) is 9.15. The van der Waals surface area contributed by atoms with Gasteiger partial charge in [-0.15, -0.1) is 0 Å². The molecule has 2 aliphatic heterocycles. The molecule has 0 bridgehead atoms. The molecule has 1 saturated heterocycles. The number of hydrogen-bond donors (Lipinski definition) is 1. The molecule has 1 fully saturated rings. The third-order valence-corrected chi connectivity index (χ3v) is 5.39. The fourth-order valence-electron chi connectivity index (χ4n) is 3.65. The SMILES string of the molecule is CCc1ccc2nc(N3CCNCC3)c3c(c2c1)=CC(C)C(C)N=3. The highest BCUT2D eigenvalue weighted by Crippen LogP contribution is 2.18. The van der Waals surface area contributed by atoms with Gasteiger partial charge < -0.3 is 10.2 Å². The van der Waals surface area contributed by atoms with Gasteiger partial charge in [-0.05, 0) is 37.0 Å². The van der Waals surface area contributed by atoms with Crippen molar-refractivity contribution < 1.29 is 0 Å². The fraction of sp³-hybridized carbons (Fsp3) is 0.500. The van der Waals surface area contributed by atoms with Gasteiger partial charge in [0, 0.05) is 36.8 Å². The molecule has 4 rings (SSSR count). The number of piperazine rings is 1. The van der Waals surface area contributed by atoms with Crippen molar-refractivity contribution in [3.05, 3.63) is 34.3 Å². The van der Waals surface area contributed by atoms with Gasteiger partial charge in [-0.2, -0.15) is 0 Å². The van der Waals surface area contributed by atoms with Gasteiger partial charge in [-0.3, -0.25) is 4.99 Å². The van der Waals surface area contributed by atoms with Crippen LogP contribution in [0.25, 0.3) is 17.0 Å². The Morgan fingerprint density at radius 3 is 2.75 bits per heavy atom. The Balaban J connectivity index is 2.03. The van der Waals surface area contributed by atoms with E-state index in [1.807, 2.05) is 0 Å². The third-order valence-electron chi connectivity index (χ3n) is 5.39. The van der Waals surface area contributed by atoms with E-state index < -0.39 is 0 Å². The van der Waals surface area contributed by atoms with Crippen molar-refractivity contribution in [1.82, 2.24) is 10.3 Å². The maximum absolute atomic E-state index is 5.05. The number of nitrogens with one attached hydrogen (secondary N) is 1. The lowest BCUT2D eigenvalue weighted by atomic mass is 9.97. The van der Waals surface area contributed by atoms with Gasteiger partial charge in [0.1, 0.15) is 5.36 Å². The molecule has 1 aromatic heterocycles. The molecule has 0 aliphatic carbocycles. The van der Waals surface area contributed by atoms with Crippen molar-refractivity contribution in [2.24, 2.45) is 10.9 Å². The first kappa shape index (κ1) is 15.6. The Morgan fingerprint density at radius 2 is 2.00 bits per heavy atom. The highest BCUT2D eigenvalue weighted by Gasteiger charge is 2.20. The average molecular weight is 322 g/mol. The molecule has 2 unspecified atom stereocenters. The van der Waals surface area contributed by atoms with Crippen LogP contribution in [0.15, 0.2) is 23.2 Å². The number of rotatable bonds is 2. The Hall–Kier alpha value is -1.94. The first-order chi connectivity index (χ1) is 11.7. The van der Waals surface area contributed by atoms with Gasteiger partial charge in [-0.1, -0.05) is 26.0 Å². The van der Waals surface area contributed by atoms with E-state index >= 15 is 0 Å². The summed E-state index contributed by atoms with van der Waals surface area (Å²) < 4.78 is 0. The number of pyridine rings is 1. The molecule has 4 nitrogen and oxygen atoms in total. The maximum Gasteiger partial charge on any atom is 0.155 e. The molecule has 4 heteroatoms.